The number of aliphatic hydroxyl groups excluding tert-OH is 5. The van der Waals surface area contributed by atoms with Crippen LogP contribution in [-0.4, -0.2) is 133 Å². The first-order valence-electron chi connectivity index (χ1n) is 32.8. The molecule has 0 aromatic heterocycles. The van der Waals surface area contributed by atoms with Crippen LogP contribution in [0.25, 0.3) is 0 Å². The predicted octanol–water partition coefficient (Wildman–Crippen LogP) is 15.1. The molecular formula is C78H82B2Br6O23. The van der Waals surface area contributed by atoms with Gasteiger partial charge in [0.2, 0.25) is 0 Å². The second kappa shape index (κ2) is 45.7. The number of carboxylic acid groups (broad SMARTS) is 2. The fourth-order valence-corrected chi connectivity index (χ4v) is 12.1. The lowest BCUT2D eigenvalue weighted by Crippen LogP contribution is -2.27. The lowest BCUT2D eigenvalue weighted by molar-refractivity contribution is 0.00568. The average molecular weight is 1890 g/mol. The summed E-state index contributed by atoms with van der Waals surface area (Å²) in [6.07, 6.45) is 0.732. The minimum Gasteiger partial charge on any atom is -0.478 e. The normalized spacial score (nSPS) is 13.6. The molecule has 0 fully saturated rings. The topological polar surface area (TPSA) is 382 Å². The number of carboxylic acids is 2. The van der Waals surface area contributed by atoms with E-state index in [1.165, 1.54) is 49.6 Å². The molecule has 2 heterocycles. The van der Waals surface area contributed by atoms with Gasteiger partial charge in [-0.15, -0.1) is 0 Å². The van der Waals surface area contributed by atoms with E-state index in [9.17, 15) is 68.5 Å². The number of carbonyl (C=O) groups excluding carboxylic acids is 7. The van der Waals surface area contributed by atoms with Gasteiger partial charge in [-0.2, -0.15) is 0 Å². The maximum atomic E-state index is 11.8. The second-order valence-electron chi connectivity index (χ2n) is 25.6. The molecule has 8 aromatic carbocycles. The van der Waals surface area contributed by atoms with Crippen molar-refractivity contribution in [1.29, 1.82) is 0 Å². The van der Waals surface area contributed by atoms with Gasteiger partial charge in [-0.05, 0) is 235 Å². The van der Waals surface area contributed by atoms with Gasteiger partial charge >= 0.3 is 44.1 Å². The highest BCUT2D eigenvalue weighted by Gasteiger charge is 2.34. The zero-order valence-electron chi connectivity index (χ0n) is 61.1. The van der Waals surface area contributed by atoms with Crippen LogP contribution in [-0.2, 0) is 36.7 Å². The van der Waals surface area contributed by atoms with Crippen molar-refractivity contribution >= 4 is 176 Å². The molecule has 0 saturated carbocycles. The van der Waals surface area contributed by atoms with Crippen LogP contribution in [0.15, 0.2) is 172 Å². The number of aldehydes is 4. The van der Waals surface area contributed by atoms with Crippen molar-refractivity contribution in [3.63, 3.8) is 0 Å². The van der Waals surface area contributed by atoms with E-state index < -0.39 is 67.6 Å². The van der Waals surface area contributed by atoms with Crippen molar-refractivity contribution in [3.8, 4) is 0 Å². The quantitative estimate of drug-likeness (QED) is 0.0211. The number of ether oxygens (including phenoxy) is 3. The molecule has 0 radical (unpaired) electrons. The Hall–Kier alpha value is -7.56. The number of rotatable bonds is 14. The number of esters is 3. The summed E-state index contributed by atoms with van der Waals surface area (Å²) >= 11 is 19.4. The first-order valence-corrected chi connectivity index (χ1v) is 37.5. The van der Waals surface area contributed by atoms with Gasteiger partial charge in [0.25, 0.3) is 0 Å². The van der Waals surface area contributed by atoms with Crippen molar-refractivity contribution in [1.82, 2.24) is 0 Å². The number of carbonyl (C=O) groups is 9. The highest BCUT2D eigenvalue weighted by atomic mass is 79.9. The van der Waals surface area contributed by atoms with Gasteiger partial charge in [-0.25, -0.2) is 24.0 Å². The van der Waals surface area contributed by atoms with E-state index in [0.717, 1.165) is 54.0 Å². The summed E-state index contributed by atoms with van der Waals surface area (Å²) in [5.74, 6) is -3.29. The summed E-state index contributed by atoms with van der Waals surface area (Å²) in [6.45, 7) is 19.5. The van der Waals surface area contributed by atoms with Crippen molar-refractivity contribution in [2.45, 2.75) is 131 Å². The van der Waals surface area contributed by atoms with Gasteiger partial charge in [0, 0.05) is 49.1 Å². The van der Waals surface area contributed by atoms with Gasteiger partial charge in [0.05, 0.1) is 78.7 Å². The lowest BCUT2D eigenvalue weighted by atomic mass is 9.79. The number of methoxy groups -OCH3 is 1. The lowest BCUT2D eigenvalue weighted by Gasteiger charge is -2.20. The van der Waals surface area contributed by atoms with E-state index in [1.807, 2.05) is 52.8 Å². The summed E-state index contributed by atoms with van der Waals surface area (Å²) in [5, 5.41) is 82.0. The Bertz CT molecular complexity index is 4480. The Morgan fingerprint density at radius 1 is 0.431 bits per heavy atom. The molecule has 2 aliphatic rings. The number of hydrogen-bond acceptors (Lipinski definition) is 21. The molecule has 0 amide bonds. The standard InChI is InChI=1S/C13H17BrO3.C12H13BrO3.C9H11BO3.C9H9BO3.C9H7BrO3.C9H9BrO3.C9H11BrO2.C8H5BrO3/c1-8(15)10-7-9(5-6-11(10)14)12(16)17-13(2,3)4;1-12(2,3)16-11(15)8-4-5-10(13)9(6-8)7-14;2*1-6-8-4-7(5-11)2-3-9(8)10(12)13-6;1-13-9(12)6-2-3-8(10)7(4-6)5-11;1-5(11)7-4-6(9(12)13)2-3-8(7)10;1-6(12)8-4-7(5-11)2-3-9(8)10;9-7-2-1-5(8(11)12)3-6(7)4-10/h5-8,15H,1-4H3;4-7H,1-3H3;2-4,6,11-12H,5H2,1H3;2-6,12H,1H3;2-5H,1H3;2-5,11H,1H3,(H,12,13);2-4,6,11-12H,5H2,1H3;1-4H,(H,11,12). The molecule has 8 aromatic rings. The van der Waals surface area contributed by atoms with Crippen molar-refractivity contribution in [3.05, 3.63) is 261 Å². The third-order valence-corrected chi connectivity index (χ3v) is 19.1. The first kappa shape index (κ1) is 95.6. The van der Waals surface area contributed by atoms with E-state index in [4.69, 9.17) is 39.2 Å². The smallest absolute Gasteiger partial charge is 0.478 e. The zero-order chi connectivity index (χ0) is 82.5. The van der Waals surface area contributed by atoms with Gasteiger partial charge in [0.15, 0.2) is 18.9 Å². The summed E-state index contributed by atoms with van der Waals surface area (Å²) in [6, 6.07) is 39.4. The van der Waals surface area contributed by atoms with E-state index in [2.05, 4.69) is 100 Å². The summed E-state index contributed by atoms with van der Waals surface area (Å²) in [7, 11) is -0.353. The van der Waals surface area contributed by atoms with Crippen LogP contribution in [0.3, 0.4) is 0 Å². The second-order valence-corrected chi connectivity index (χ2v) is 30.7. The van der Waals surface area contributed by atoms with Crippen LogP contribution in [0.2, 0.25) is 0 Å². The molecule has 0 spiro atoms. The summed E-state index contributed by atoms with van der Waals surface area (Å²) in [4.78, 5) is 97.7. The molecule has 5 atom stereocenters. The Labute approximate surface area is 682 Å². The maximum absolute atomic E-state index is 11.8. The minimum atomic E-state index is -1.04. The third-order valence-electron chi connectivity index (χ3n) is 14.8. The van der Waals surface area contributed by atoms with Crippen LogP contribution in [0, 0.1) is 0 Å². The highest BCUT2D eigenvalue weighted by molar-refractivity contribution is 9.11. The van der Waals surface area contributed by atoms with Gasteiger partial charge < -0.3 is 69.3 Å². The van der Waals surface area contributed by atoms with Crippen LogP contribution in [0.1, 0.15) is 239 Å². The van der Waals surface area contributed by atoms with E-state index in [1.54, 1.807) is 126 Å². The third kappa shape index (κ3) is 31.3. The van der Waals surface area contributed by atoms with Gasteiger partial charge in [-0.1, -0.05) is 132 Å². The average Bonchev–Trinajstić information content (AvgIpc) is 1.66. The number of halogens is 6. The fourth-order valence-electron chi connectivity index (χ4n) is 9.30. The zero-order valence-corrected chi connectivity index (χ0v) is 70.6. The van der Waals surface area contributed by atoms with Crippen LogP contribution < -0.4 is 10.9 Å². The molecule has 2 aliphatic heterocycles. The molecule has 5 unspecified atom stereocenters. The predicted molar refractivity (Wildman–Crippen MR) is 433 cm³/mol. The van der Waals surface area contributed by atoms with Crippen molar-refractivity contribution in [2.75, 3.05) is 7.11 Å². The summed E-state index contributed by atoms with van der Waals surface area (Å²) < 4.78 is 29.6. The van der Waals surface area contributed by atoms with E-state index >= 15 is 0 Å². The first-order chi connectivity index (χ1) is 51.0. The van der Waals surface area contributed by atoms with Crippen LogP contribution >= 0.6 is 95.6 Å². The maximum Gasteiger partial charge on any atom is 0.491 e. The summed E-state index contributed by atoms with van der Waals surface area (Å²) in [5.41, 5.74) is 9.42. The van der Waals surface area contributed by atoms with E-state index in [-0.39, 0.29) is 42.5 Å². The molecule has 109 heavy (non-hydrogen) atoms. The Morgan fingerprint density at radius 3 is 1.09 bits per heavy atom. The molecule has 31 heteroatoms. The Kier molecular flexibility index (Phi) is 40.1. The van der Waals surface area contributed by atoms with E-state index in [0.29, 0.717) is 86.8 Å². The molecule has 0 saturated heterocycles. The van der Waals surface area contributed by atoms with Gasteiger partial charge in [0.1, 0.15) is 17.5 Å². The molecule has 0 aliphatic carbocycles. The SMILES string of the molecule is CC(C)(C)OC(=O)c1ccc(Br)c(C=O)c1.CC(O)c1cc(C(=O)O)ccc1Br.CC(O)c1cc(C(=O)OC(C)(C)C)ccc1Br.CC(O)c1cc(CO)ccc1Br.CC1OB(O)c2ccc(C=O)cc21.CC1OB(O)c2ccc(CO)cc21.COC(=O)c1ccc(Br)c(C=O)c1.O=Cc1cc(C(=O)O)ccc1Br. The largest absolute Gasteiger partial charge is 0.491 e. The number of aromatic carboxylic acids is 2. The molecule has 23 nitrogen and oxygen atoms in total. The molecule has 580 valence electrons. The Morgan fingerprint density at radius 2 is 0.734 bits per heavy atom. The molecule has 9 N–H and O–H groups in total. The minimum absolute atomic E-state index is 0.00694. The molecule has 0 bridgehead atoms. The van der Waals surface area contributed by atoms with Crippen LogP contribution in [0.4, 0.5) is 0 Å². The van der Waals surface area contributed by atoms with Crippen molar-refractivity contribution in [2.24, 2.45) is 0 Å². The number of aliphatic hydroxyl groups is 5. The molecular weight excluding hydrogens is 1810 g/mol. The van der Waals surface area contributed by atoms with Gasteiger partial charge in [-0.3, -0.25) is 19.2 Å². The monoisotopic (exact) mass is 1880 g/mol. The molecule has 10 rings (SSSR count). The number of benzene rings is 8. The number of fused-ring (bicyclic) bond motifs is 2. The number of hydrogen-bond donors (Lipinski definition) is 9. The highest BCUT2D eigenvalue weighted by Crippen LogP contribution is 2.30. The van der Waals surface area contributed by atoms with Crippen LogP contribution in [0.5, 0.6) is 0 Å². The van der Waals surface area contributed by atoms with Crippen molar-refractivity contribution < 1.29 is 112 Å². The fraction of sp³-hybridized carbons (Fsp3) is 0.269. The Balaban J connectivity index is 0.000000324.